The zero-order valence-electron chi connectivity index (χ0n) is 12.3. The van der Waals surface area contributed by atoms with Gasteiger partial charge in [-0.05, 0) is 24.6 Å². The number of methoxy groups -OCH3 is 1. The Labute approximate surface area is 124 Å². The first kappa shape index (κ1) is 15.5. The van der Waals surface area contributed by atoms with Crippen molar-refractivity contribution >= 4 is 10.0 Å². The average molecular weight is 309 g/mol. The summed E-state index contributed by atoms with van der Waals surface area (Å²) < 4.78 is 31.7. The van der Waals surface area contributed by atoms with Crippen LogP contribution in [0.2, 0.25) is 0 Å². The summed E-state index contributed by atoms with van der Waals surface area (Å²) in [6.07, 6.45) is 1.35. The molecule has 0 unspecified atom stereocenters. The Kier molecular flexibility index (Phi) is 4.64. The maximum absolute atomic E-state index is 12.6. The predicted molar refractivity (Wildman–Crippen MR) is 79.6 cm³/mol. The quantitative estimate of drug-likeness (QED) is 0.885. The lowest BCUT2D eigenvalue weighted by molar-refractivity contribution is 0.412. The lowest BCUT2D eigenvalue weighted by Gasteiger charge is -2.20. The Morgan fingerprint density at radius 1 is 1.29 bits per heavy atom. The van der Waals surface area contributed by atoms with Crippen LogP contribution in [-0.4, -0.2) is 36.6 Å². The smallest absolute Gasteiger partial charge is 0.246 e. The third-order valence-electron chi connectivity index (χ3n) is 3.27. The number of nitrogens with zero attached hydrogens (tertiary/aromatic N) is 2. The first-order chi connectivity index (χ1) is 9.98. The van der Waals surface area contributed by atoms with Crippen molar-refractivity contribution in [2.45, 2.75) is 25.3 Å². The molecular weight excluding hydrogens is 290 g/mol. The fraction of sp³-hybridized carbons (Fsp3) is 0.357. The van der Waals surface area contributed by atoms with Crippen molar-refractivity contribution in [1.82, 2.24) is 14.5 Å². The van der Waals surface area contributed by atoms with Gasteiger partial charge in [-0.2, -0.15) is 9.40 Å². The van der Waals surface area contributed by atoms with Crippen LogP contribution in [0.3, 0.4) is 0 Å². The first-order valence-electron chi connectivity index (χ1n) is 6.62. The Morgan fingerprint density at radius 3 is 2.43 bits per heavy atom. The molecule has 1 aromatic carbocycles. The molecule has 0 bridgehead atoms. The number of ether oxygens (including phenoxy) is 1. The predicted octanol–water partition coefficient (Wildman–Crippen LogP) is 1.94. The van der Waals surface area contributed by atoms with E-state index >= 15 is 0 Å². The van der Waals surface area contributed by atoms with Gasteiger partial charge in [0.1, 0.15) is 10.6 Å². The maximum atomic E-state index is 12.6. The van der Waals surface area contributed by atoms with Gasteiger partial charge in [0, 0.05) is 13.1 Å². The molecule has 2 rings (SSSR count). The molecule has 0 aliphatic carbocycles. The van der Waals surface area contributed by atoms with Crippen LogP contribution >= 0.6 is 0 Å². The Bertz CT molecular complexity index is 693. The standard InChI is InChI=1S/C14H19N3O3S/c1-4-17(10-12-5-7-13(20-3)8-6-12)21(18,19)14-9-15-16-11(14)2/h5-9H,4,10H2,1-3H3,(H,15,16). The van der Waals surface area contributed by atoms with Gasteiger partial charge in [0.25, 0.3) is 0 Å². The SMILES string of the molecule is CCN(Cc1ccc(OC)cc1)S(=O)(=O)c1cn[nH]c1C. The molecule has 21 heavy (non-hydrogen) atoms. The van der Waals surface area contributed by atoms with E-state index in [0.717, 1.165) is 11.3 Å². The number of aryl methyl sites for hydroxylation is 1. The van der Waals surface area contributed by atoms with E-state index in [4.69, 9.17) is 4.74 Å². The van der Waals surface area contributed by atoms with Gasteiger partial charge < -0.3 is 4.74 Å². The van der Waals surface area contributed by atoms with E-state index in [-0.39, 0.29) is 4.90 Å². The van der Waals surface area contributed by atoms with Gasteiger partial charge in [-0.25, -0.2) is 8.42 Å². The number of aromatic amines is 1. The number of rotatable bonds is 6. The highest BCUT2D eigenvalue weighted by Gasteiger charge is 2.26. The summed E-state index contributed by atoms with van der Waals surface area (Å²) in [7, 11) is -1.95. The van der Waals surface area contributed by atoms with Crippen LogP contribution in [0.25, 0.3) is 0 Å². The summed E-state index contributed by atoms with van der Waals surface area (Å²) in [6, 6.07) is 7.36. The summed E-state index contributed by atoms with van der Waals surface area (Å²) >= 11 is 0. The number of hydrogen-bond donors (Lipinski definition) is 1. The zero-order chi connectivity index (χ0) is 15.5. The van der Waals surface area contributed by atoms with Crippen LogP contribution in [0, 0.1) is 6.92 Å². The van der Waals surface area contributed by atoms with Crippen LogP contribution in [-0.2, 0) is 16.6 Å². The molecule has 1 N–H and O–H groups in total. The molecule has 0 saturated carbocycles. The Hall–Kier alpha value is -1.86. The highest BCUT2D eigenvalue weighted by molar-refractivity contribution is 7.89. The maximum Gasteiger partial charge on any atom is 0.246 e. The third kappa shape index (κ3) is 3.25. The van der Waals surface area contributed by atoms with Gasteiger partial charge in [0.05, 0.1) is 19.0 Å². The van der Waals surface area contributed by atoms with Gasteiger partial charge in [-0.1, -0.05) is 19.1 Å². The van der Waals surface area contributed by atoms with Crippen LogP contribution in [0.4, 0.5) is 0 Å². The van der Waals surface area contributed by atoms with Crippen molar-refractivity contribution in [3.8, 4) is 5.75 Å². The van der Waals surface area contributed by atoms with Gasteiger partial charge in [-0.3, -0.25) is 5.10 Å². The normalized spacial score (nSPS) is 11.8. The van der Waals surface area contributed by atoms with Crippen molar-refractivity contribution in [1.29, 1.82) is 0 Å². The second-order valence-corrected chi connectivity index (χ2v) is 6.54. The topological polar surface area (TPSA) is 75.3 Å². The average Bonchev–Trinajstić information content (AvgIpc) is 2.92. The Morgan fingerprint density at radius 2 is 1.95 bits per heavy atom. The van der Waals surface area contributed by atoms with Crippen LogP contribution in [0.1, 0.15) is 18.2 Å². The number of H-pyrrole nitrogens is 1. The number of aromatic nitrogens is 2. The molecule has 114 valence electrons. The molecule has 1 heterocycles. The Balaban J connectivity index is 2.25. The van der Waals surface area contributed by atoms with E-state index in [1.54, 1.807) is 14.0 Å². The van der Waals surface area contributed by atoms with E-state index in [0.29, 0.717) is 18.8 Å². The molecule has 0 aliphatic rings. The number of benzene rings is 1. The van der Waals surface area contributed by atoms with Crippen LogP contribution < -0.4 is 4.74 Å². The molecular formula is C14H19N3O3S. The van der Waals surface area contributed by atoms with E-state index < -0.39 is 10.0 Å². The summed E-state index contributed by atoms with van der Waals surface area (Å²) in [6.45, 7) is 4.21. The molecule has 6 nitrogen and oxygen atoms in total. The molecule has 0 spiro atoms. The monoisotopic (exact) mass is 309 g/mol. The van der Waals surface area contributed by atoms with Gasteiger partial charge in [-0.15, -0.1) is 0 Å². The van der Waals surface area contributed by atoms with Gasteiger partial charge in [0.15, 0.2) is 0 Å². The largest absolute Gasteiger partial charge is 0.497 e. The lowest BCUT2D eigenvalue weighted by atomic mass is 10.2. The molecule has 7 heteroatoms. The van der Waals surface area contributed by atoms with Crippen molar-refractivity contribution in [3.05, 3.63) is 41.7 Å². The van der Waals surface area contributed by atoms with E-state index in [9.17, 15) is 8.42 Å². The highest BCUT2D eigenvalue weighted by Crippen LogP contribution is 2.20. The van der Waals surface area contributed by atoms with Crippen LogP contribution in [0.15, 0.2) is 35.4 Å². The fourth-order valence-corrected chi connectivity index (χ4v) is 3.60. The van der Waals surface area contributed by atoms with Crippen molar-refractivity contribution in [3.63, 3.8) is 0 Å². The fourth-order valence-electron chi connectivity index (χ4n) is 2.04. The van der Waals surface area contributed by atoms with Crippen molar-refractivity contribution < 1.29 is 13.2 Å². The minimum atomic E-state index is -3.54. The van der Waals surface area contributed by atoms with Crippen molar-refractivity contribution in [2.24, 2.45) is 0 Å². The minimum Gasteiger partial charge on any atom is -0.497 e. The highest BCUT2D eigenvalue weighted by atomic mass is 32.2. The van der Waals surface area contributed by atoms with E-state index in [2.05, 4.69) is 10.2 Å². The summed E-state index contributed by atoms with van der Waals surface area (Å²) in [5.74, 6) is 0.746. The number of sulfonamides is 1. The molecule has 0 amide bonds. The van der Waals surface area contributed by atoms with Gasteiger partial charge >= 0.3 is 0 Å². The first-order valence-corrected chi connectivity index (χ1v) is 8.06. The lowest BCUT2D eigenvalue weighted by Crippen LogP contribution is -2.30. The minimum absolute atomic E-state index is 0.220. The molecule has 0 fully saturated rings. The molecule has 2 aromatic rings. The van der Waals surface area contributed by atoms with E-state index in [1.165, 1.54) is 10.5 Å². The molecule has 1 aromatic heterocycles. The third-order valence-corrected chi connectivity index (χ3v) is 5.31. The van der Waals surface area contributed by atoms with Crippen molar-refractivity contribution in [2.75, 3.05) is 13.7 Å². The molecule has 0 atom stereocenters. The van der Waals surface area contributed by atoms with Crippen LogP contribution in [0.5, 0.6) is 5.75 Å². The number of nitrogens with one attached hydrogen (secondary N) is 1. The molecule has 0 radical (unpaired) electrons. The van der Waals surface area contributed by atoms with Gasteiger partial charge in [0.2, 0.25) is 10.0 Å². The summed E-state index contributed by atoms with van der Waals surface area (Å²) in [5.41, 5.74) is 1.45. The number of hydrogen-bond acceptors (Lipinski definition) is 4. The summed E-state index contributed by atoms with van der Waals surface area (Å²) in [5, 5.41) is 6.45. The van der Waals surface area contributed by atoms with E-state index in [1.807, 2.05) is 31.2 Å². The molecule has 0 saturated heterocycles. The summed E-state index contributed by atoms with van der Waals surface area (Å²) in [4.78, 5) is 0.220. The second-order valence-electron chi connectivity index (χ2n) is 4.64. The molecule has 0 aliphatic heterocycles. The second kappa shape index (κ2) is 6.28. The zero-order valence-corrected chi connectivity index (χ0v) is 13.1.